The number of ether oxygens (including phenoxy) is 3. The average molecular weight is 467 g/mol. The SMILES string of the molecule is COc1ccc(OC2NC(=O)CC(C(=O)N[C@H](C)c3ccc(C(F)(F)F)cc3)N2)cc1OC. The van der Waals surface area contributed by atoms with Gasteiger partial charge in [0.1, 0.15) is 5.75 Å². The maximum atomic E-state index is 12.7. The van der Waals surface area contributed by atoms with Gasteiger partial charge in [-0.05, 0) is 36.8 Å². The van der Waals surface area contributed by atoms with Crippen molar-refractivity contribution < 1.29 is 37.0 Å². The van der Waals surface area contributed by atoms with Crippen molar-refractivity contribution in [2.24, 2.45) is 0 Å². The molecule has 1 aliphatic heterocycles. The summed E-state index contributed by atoms with van der Waals surface area (Å²) in [6, 6.07) is 7.87. The predicted molar refractivity (Wildman–Crippen MR) is 112 cm³/mol. The summed E-state index contributed by atoms with van der Waals surface area (Å²) in [4.78, 5) is 24.8. The van der Waals surface area contributed by atoms with Gasteiger partial charge in [-0.1, -0.05) is 12.1 Å². The van der Waals surface area contributed by atoms with Crippen molar-refractivity contribution >= 4 is 11.8 Å². The summed E-state index contributed by atoms with van der Waals surface area (Å²) in [6.45, 7) is 1.64. The maximum absolute atomic E-state index is 12.7. The molecule has 178 valence electrons. The molecule has 3 atom stereocenters. The minimum atomic E-state index is -4.44. The van der Waals surface area contributed by atoms with E-state index < -0.39 is 42.0 Å². The highest BCUT2D eigenvalue weighted by molar-refractivity contribution is 5.89. The summed E-state index contributed by atoms with van der Waals surface area (Å²) in [5.41, 5.74) is -0.278. The fourth-order valence-corrected chi connectivity index (χ4v) is 3.29. The van der Waals surface area contributed by atoms with Gasteiger partial charge in [0.05, 0.1) is 38.3 Å². The van der Waals surface area contributed by atoms with Crippen LogP contribution in [0.4, 0.5) is 13.2 Å². The number of carbonyl (C=O) groups excluding carboxylic acids is 2. The fourth-order valence-electron chi connectivity index (χ4n) is 3.29. The first-order chi connectivity index (χ1) is 15.6. The van der Waals surface area contributed by atoms with E-state index in [9.17, 15) is 22.8 Å². The molecule has 0 radical (unpaired) electrons. The Morgan fingerprint density at radius 2 is 1.76 bits per heavy atom. The Hall–Kier alpha value is -3.47. The second kappa shape index (κ2) is 9.99. The molecule has 1 heterocycles. The molecule has 2 aromatic rings. The molecular weight excluding hydrogens is 443 g/mol. The van der Waals surface area contributed by atoms with Crippen molar-refractivity contribution in [3.8, 4) is 17.2 Å². The highest BCUT2D eigenvalue weighted by Crippen LogP contribution is 2.31. The van der Waals surface area contributed by atoms with Crippen molar-refractivity contribution in [3.63, 3.8) is 0 Å². The zero-order valence-corrected chi connectivity index (χ0v) is 18.2. The van der Waals surface area contributed by atoms with E-state index >= 15 is 0 Å². The maximum Gasteiger partial charge on any atom is 0.416 e. The first-order valence-corrected chi connectivity index (χ1v) is 10.0. The number of hydrogen-bond acceptors (Lipinski definition) is 6. The van der Waals surface area contributed by atoms with E-state index in [4.69, 9.17) is 14.2 Å². The van der Waals surface area contributed by atoms with E-state index in [-0.39, 0.29) is 6.42 Å². The first-order valence-electron chi connectivity index (χ1n) is 10.0. The molecule has 3 N–H and O–H groups in total. The normalized spacial score (nSPS) is 19.3. The first kappa shape index (κ1) is 24.2. The number of carbonyl (C=O) groups is 2. The molecule has 0 saturated carbocycles. The number of halogens is 3. The molecule has 0 spiro atoms. The Morgan fingerprint density at radius 1 is 1.09 bits per heavy atom. The van der Waals surface area contributed by atoms with E-state index in [1.807, 2.05) is 0 Å². The molecule has 33 heavy (non-hydrogen) atoms. The summed E-state index contributed by atoms with van der Waals surface area (Å²) in [7, 11) is 2.97. The topological polar surface area (TPSA) is 97.9 Å². The lowest BCUT2D eigenvalue weighted by atomic mass is 10.0. The van der Waals surface area contributed by atoms with Gasteiger partial charge in [0.25, 0.3) is 0 Å². The van der Waals surface area contributed by atoms with Crippen LogP contribution >= 0.6 is 0 Å². The van der Waals surface area contributed by atoms with Crippen molar-refractivity contribution in [2.75, 3.05) is 14.2 Å². The van der Waals surface area contributed by atoms with E-state index in [0.29, 0.717) is 22.8 Å². The summed E-state index contributed by atoms with van der Waals surface area (Å²) in [5, 5.41) is 8.19. The Balaban J connectivity index is 1.63. The molecule has 2 amide bonds. The van der Waals surface area contributed by atoms with Crippen LogP contribution in [0, 0.1) is 0 Å². The van der Waals surface area contributed by atoms with Gasteiger partial charge >= 0.3 is 6.18 Å². The lowest BCUT2D eigenvalue weighted by molar-refractivity contribution is -0.137. The zero-order valence-electron chi connectivity index (χ0n) is 18.2. The van der Waals surface area contributed by atoms with Crippen molar-refractivity contribution in [2.45, 2.75) is 38.0 Å². The van der Waals surface area contributed by atoms with Gasteiger partial charge in [-0.25, -0.2) is 0 Å². The summed E-state index contributed by atoms with van der Waals surface area (Å²) < 4.78 is 54.3. The van der Waals surface area contributed by atoms with Gasteiger partial charge in [-0.15, -0.1) is 0 Å². The van der Waals surface area contributed by atoms with Crippen LogP contribution < -0.4 is 30.2 Å². The van der Waals surface area contributed by atoms with E-state index in [1.54, 1.807) is 25.1 Å². The van der Waals surface area contributed by atoms with Crippen molar-refractivity contribution in [3.05, 3.63) is 53.6 Å². The molecule has 0 aromatic heterocycles. The number of amides is 2. The van der Waals surface area contributed by atoms with Crippen LogP contribution in [0.15, 0.2) is 42.5 Å². The Bertz CT molecular complexity index is 998. The van der Waals surface area contributed by atoms with Crippen LogP contribution in [0.2, 0.25) is 0 Å². The second-order valence-corrected chi connectivity index (χ2v) is 7.36. The fraction of sp³-hybridized carbons (Fsp3) is 0.364. The van der Waals surface area contributed by atoms with E-state index in [2.05, 4.69) is 16.0 Å². The summed E-state index contributed by atoms with van der Waals surface area (Å²) in [5.74, 6) is 0.404. The third-order valence-electron chi connectivity index (χ3n) is 5.06. The van der Waals surface area contributed by atoms with Gasteiger partial charge in [-0.3, -0.25) is 14.9 Å². The highest BCUT2D eigenvalue weighted by atomic mass is 19.4. The van der Waals surface area contributed by atoms with Gasteiger partial charge < -0.3 is 24.8 Å². The molecule has 8 nitrogen and oxygen atoms in total. The Kier molecular flexibility index (Phi) is 7.32. The third kappa shape index (κ3) is 6.07. The molecule has 1 saturated heterocycles. The van der Waals surface area contributed by atoms with E-state index in [1.165, 1.54) is 26.4 Å². The molecule has 1 aliphatic rings. The molecule has 3 rings (SSSR count). The standard InChI is InChI=1S/C22H24F3N3O5/c1-12(13-4-6-14(7-5-13)22(23,24)25)26-20(30)16-11-19(29)28-21(27-16)33-15-8-9-17(31-2)18(10-15)32-3/h4-10,12,16,21,27H,11H2,1-3H3,(H,26,30)(H,28,29)/t12-,16?,21?/m1/s1. The van der Waals surface area contributed by atoms with Crippen LogP contribution in [-0.4, -0.2) is 38.4 Å². The molecule has 11 heteroatoms. The second-order valence-electron chi connectivity index (χ2n) is 7.36. The molecule has 1 fully saturated rings. The number of nitrogens with one attached hydrogen (secondary N) is 3. The van der Waals surface area contributed by atoms with Gasteiger partial charge in [0.2, 0.25) is 18.2 Å². The van der Waals surface area contributed by atoms with E-state index in [0.717, 1.165) is 12.1 Å². The molecule has 2 aromatic carbocycles. The van der Waals surface area contributed by atoms with Gasteiger partial charge in [0, 0.05) is 6.07 Å². The average Bonchev–Trinajstić information content (AvgIpc) is 2.78. The molecule has 2 unspecified atom stereocenters. The monoisotopic (exact) mass is 467 g/mol. The number of rotatable bonds is 7. The van der Waals surface area contributed by atoms with Crippen LogP contribution in [-0.2, 0) is 15.8 Å². The molecule has 0 bridgehead atoms. The Labute approximate surface area is 188 Å². The Morgan fingerprint density at radius 3 is 2.36 bits per heavy atom. The third-order valence-corrected chi connectivity index (χ3v) is 5.06. The van der Waals surface area contributed by atoms with Crippen molar-refractivity contribution in [1.29, 1.82) is 0 Å². The predicted octanol–water partition coefficient (Wildman–Crippen LogP) is 2.74. The number of hydrogen-bond donors (Lipinski definition) is 3. The molecule has 0 aliphatic carbocycles. The largest absolute Gasteiger partial charge is 0.493 e. The summed E-state index contributed by atoms with van der Waals surface area (Å²) in [6.07, 6.45) is -5.55. The quantitative estimate of drug-likeness (QED) is 0.580. The summed E-state index contributed by atoms with van der Waals surface area (Å²) >= 11 is 0. The minimum absolute atomic E-state index is 0.128. The van der Waals surface area contributed by atoms with Gasteiger partial charge in [0.15, 0.2) is 11.5 Å². The van der Waals surface area contributed by atoms with Crippen LogP contribution in [0.25, 0.3) is 0 Å². The van der Waals surface area contributed by atoms with Crippen molar-refractivity contribution in [1.82, 2.24) is 16.0 Å². The molecular formula is C22H24F3N3O5. The minimum Gasteiger partial charge on any atom is -0.493 e. The zero-order chi connectivity index (χ0) is 24.2. The van der Waals surface area contributed by atoms with Crippen LogP contribution in [0.1, 0.15) is 30.5 Å². The number of alkyl halides is 3. The number of benzene rings is 2. The van der Waals surface area contributed by atoms with Gasteiger partial charge in [-0.2, -0.15) is 13.2 Å². The number of methoxy groups -OCH3 is 2. The van der Waals surface area contributed by atoms with Crippen LogP contribution in [0.3, 0.4) is 0 Å². The smallest absolute Gasteiger partial charge is 0.416 e. The highest BCUT2D eigenvalue weighted by Gasteiger charge is 2.33. The van der Waals surface area contributed by atoms with Crippen LogP contribution in [0.5, 0.6) is 17.2 Å². The lowest BCUT2D eigenvalue weighted by Crippen LogP contribution is -2.62. The lowest BCUT2D eigenvalue weighted by Gasteiger charge is -2.31.